The van der Waals surface area contributed by atoms with E-state index in [0.29, 0.717) is 43.2 Å². The van der Waals surface area contributed by atoms with Crippen LogP contribution in [-0.4, -0.2) is 55.9 Å². The molecule has 0 aromatic heterocycles. The van der Waals surface area contributed by atoms with Crippen molar-refractivity contribution in [2.75, 3.05) is 33.5 Å². The zero-order valence-corrected chi connectivity index (χ0v) is 23.0. The number of azide groups is 1. The first-order chi connectivity index (χ1) is 20.1. The molecule has 1 aliphatic heterocycles. The molecule has 41 heavy (non-hydrogen) atoms. The molecule has 3 aromatic rings. The first-order valence-corrected chi connectivity index (χ1v) is 13.4. The highest BCUT2D eigenvalue weighted by Gasteiger charge is 2.45. The number of rotatable bonds is 15. The van der Waals surface area contributed by atoms with Crippen molar-refractivity contribution in [3.05, 3.63) is 105 Å². The third kappa shape index (κ3) is 7.98. The van der Waals surface area contributed by atoms with Gasteiger partial charge in [0.05, 0.1) is 20.3 Å². The lowest BCUT2D eigenvalue weighted by Gasteiger charge is -2.24. The molecule has 0 saturated carbocycles. The van der Waals surface area contributed by atoms with Crippen LogP contribution in [-0.2, 0) is 28.9 Å². The van der Waals surface area contributed by atoms with Gasteiger partial charge in [-0.1, -0.05) is 41.5 Å². The molecule has 214 valence electrons. The van der Waals surface area contributed by atoms with Gasteiger partial charge in [0.25, 0.3) is 5.91 Å². The molecule has 4 rings (SSSR count). The average molecular weight is 559 g/mol. The number of aliphatic imine (C=N–C) groups is 1. The van der Waals surface area contributed by atoms with Crippen LogP contribution in [0.5, 0.6) is 11.5 Å². The maximum Gasteiger partial charge on any atom is 0.266 e. The molecule has 3 N–H and O–H groups in total. The van der Waals surface area contributed by atoms with E-state index in [1.54, 1.807) is 19.2 Å². The highest BCUT2D eigenvalue weighted by Crippen LogP contribution is 2.29. The van der Waals surface area contributed by atoms with Gasteiger partial charge in [-0.25, -0.2) is 10.4 Å². The van der Waals surface area contributed by atoms with Crippen LogP contribution in [0.4, 0.5) is 0 Å². The molecule has 1 aliphatic rings. The lowest BCUT2D eigenvalue weighted by atomic mass is 9.89. The Balaban J connectivity index is 1.51. The van der Waals surface area contributed by atoms with E-state index in [9.17, 15) is 4.79 Å². The minimum atomic E-state index is -1.24. The zero-order chi connectivity index (χ0) is 28.9. The molecular formula is C30H34N6O5. The van der Waals surface area contributed by atoms with Crippen molar-refractivity contribution in [1.82, 2.24) is 10.9 Å². The van der Waals surface area contributed by atoms with Crippen LogP contribution in [0.1, 0.15) is 28.7 Å². The topological polar surface area (TPSA) is 150 Å². The fourth-order valence-electron chi connectivity index (χ4n) is 4.40. The highest BCUT2D eigenvalue weighted by molar-refractivity contribution is 6.00. The number of nitrogens with one attached hydrogen (secondary N) is 2. The van der Waals surface area contributed by atoms with Gasteiger partial charge in [0, 0.05) is 36.5 Å². The van der Waals surface area contributed by atoms with Crippen molar-refractivity contribution >= 4 is 11.8 Å². The molecular weight excluding hydrogens is 524 g/mol. The van der Waals surface area contributed by atoms with Gasteiger partial charge >= 0.3 is 0 Å². The molecule has 0 saturated heterocycles. The van der Waals surface area contributed by atoms with Crippen LogP contribution in [0, 0.1) is 0 Å². The molecule has 0 aliphatic carbocycles. The molecule has 1 amide bonds. The van der Waals surface area contributed by atoms with Gasteiger partial charge in [-0.3, -0.25) is 10.2 Å². The van der Waals surface area contributed by atoms with E-state index in [1.165, 1.54) is 0 Å². The van der Waals surface area contributed by atoms with Gasteiger partial charge in [-0.15, -0.1) is 0 Å². The Morgan fingerprint density at radius 1 is 1.10 bits per heavy atom. The largest absolute Gasteiger partial charge is 0.497 e. The van der Waals surface area contributed by atoms with Gasteiger partial charge in [-0.05, 0) is 65.0 Å². The Labute approximate surface area is 238 Å². The van der Waals surface area contributed by atoms with Gasteiger partial charge in [0.15, 0.2) is 5.54 Å². The Bertz CT molecular complexity index is 1370. The summed E-state index contributed by atoms with van der Waals surface area (Å²) in [6.07, 6.45) is 1.50. The predicted molar refractivity (Wildman–Crippen MR) is 155 cm³/mol. The van der Waals surface area contributed by atoms with Crippen molar-refractivity contribution in [1.29, 1.82) is 0 Å². The first-order valence-electron chi connectivity index (χ1n) is 13.4. The third-order valence-electron chi connectivity index (χ3n) is 6.66. The Morgan fingerprint density at radius 3 is 2.54 bits per heavy atom. The maximum atomic E-state index is 13.7. The minimum Gasteiger partial charge on any atom is -0.497 e. The number of carbonyl (C=O) groups excluding carboxylic acids is 1. The number of aliphatic hydroxyl groups excluding tert-OH is 1. The van der Waals surface area contributed by atoms with Gasteiger partial charge in [0.2, 0.25) is 5.90 Å². The number of ether oxygens (including phenoxy) is 3. The number of carbonyl (C=O) groups is 1. The summed E-state index contributed by atoms with van der Waals surface area (Å²) < 4.78 is 16.8. The van der Waals surface area contributed by atoms with Crippen molar-refractivity contribution in [3.8, 4) is 11.5 Å². The van der Waals surface area contributed by atoms with E-state index in [1.807, 2.05) is 60.7 Å². The van der Waals surface area contributed by atoms with Crippen molar-refractivity contribution in [3.63, 3.8) is 0 Å². The molecule has 3 aromatic carbocycles. The van der Waals surface area contributed by atoms with Crippen LogP contribution in [0.25, 0.3) is 10.4 Å². The lowest BCUT2D eigenvalue weighted by Crippen LogP contribution is -2.53. The zero-order valence-electron chi connectivity index (χ0n) is 23.0. The highest BCUT2D eigenvalue weighted by atomic mass is 16.5. The number of hydrazine groups is 1. The van der Waals surface area contributed by atoms with Crippen LogP contribution >= 0.6 is 0 Å². The maximum absolute atomic E-state index is 13.7. The first kappa shape index (κ1) is 29.4. The summed E-state index contributed by atoms with van der Waals surface area (Å²) in [5.41, 5.74) is 16.9. The summed E-state index contributed by atoms with van der Waals surface area (Å²) in [6.45, 7) is 1.20. The SMILES string of the molecule is COc1ccc(CCNNC(=O)[C@]2(Cc3ccccc3CN=[N+]=[N-])COC(c3ccc(OCCCO)cc3)=N2)cc1. The van der Waals surface area contributed by atoms with E-state index < -0.39 is 5.54 Å². The van der Waals surface area contributed by atoms with Crippen molar-refractivity contribution in [2.45, 2.75) is 31.3 Å². The van der Waals surface area contributed by atoms with Gasteiger partial charge < -0.3 is 19.3 Å². The summed E-state index contributed by atoms with van der Waals surface area (Å²) in [5, 5.41) is 12.7. The predicted octanol–water partition coefficient (Wildman–Crippen LogP) is 3.89. The van der Waals surface area contributed by atoms with Gasteiger partial charge in [0.1, 0.15) is 18.1 Å². The molecule has 11 nitrogen and oxygen atoms in total. The normalized spacial score (nSPS) is 15.8. The number of amides is 1. The number of aliphatic hydroxyl groups is 1. The third-order valence-corrected chi connectivity index (χ3v) is 6.66. The quantitative estimate of drug-likeness (QED) is 0.0847. The smallest absolute Gasteiger partial charge is 0.266 e. The van der Waals surface area contributed by atoms with Crippen molar-refractivity contribution in [2.24, 2.45) is 10.1 Å². The summed E-state index contributed by atoms with van der Waals surface area (Å²) in [5.74, 6) is 1.48. The van der Waals surface area contributed by atoms with E-state index in [2.05, 4.69) is 20.9 Å². The number of methoxy groups -OCH3 is 1. The van der Waals surface area contributed by atoms with E-state index >= 15 is 0 Å². The molecule has 0 spiro atoms. The second-order valence-corrected chi connectivity index (χ2v) is 9.50. The molecule has 0 unspecified atom stereocenters. The van der Waals surface area contributed by atoms with E-state index in [-0.39, 0.29) is 32.1 Å². The standard InChI is InChI=1S/C30H34N6O5/c1-39-26-11-7-22(8-12-26)15-16-32-35-29(38)30(19-24-5-2-3-6-25(24)20-33-36-31)21-41-28(34-30)23-9-13-27(14-10-23)40-18-4-17-37/h2-3,5-14,32,37H,4,15-21H2,1H3,(H,35,38)/t30-/m0/s1. The summed E-state index contributed by atoms with van der Waals surface area (Å²) in [7, 11) is 1.63. The molecule has 0 radical (unpaired) electrons. The molecule has 11 heteroatoms. The Morgan fingerprint density at radius 2 is 1.83 bits per heavy atom. The average Bonchev–Trinajstić information content (AvgIpc) is 3.45. The summed E-state index contributed by atoms with van der Waals surface area (Å²) in [4.78, 5) is 21.4. The van der Waals surface area contributed by atoms with E-state index in [4.69, 9.17) is 29.8 Å². The fraction of sp³-hybridized carbons (Fsp3) is 0.333. The Kier molecular flexibility index (Phi) is 10.6. The van der Waals surface area contributed by atoms with Crippen LogP contribution in [0.3, 0.4) is 0 Å². The fourth-order valence-corrected chi connectivity index (χ4v) is 4.40. The Hall–Kier alpha value is -4.57. The number of benzene rings is 3. The second kappa shape index (κ2) is 14.7. The molecule has 1 heterocycles. The number of hydrogen-bond acceptors (Lipinski definition) is 8. The number of hydrogen-bond donors (Lipinski definition) is 3. The minimum absolute atomic E-state index is 0.0406. The summed E-state index contributed by atoms with van der Waals surface area (Å²) in [6, 6.07) is 22.5. The van der Waals surface area contributed by atoms with Crippen LogP contribution in [0.15, 0.2) is 82.9 Å². The molecule has 0 bridgehead atoms. The number of nitrogens with zero attached hydrogens (tertiary/aromatic N) is 4. The van der Waals surface area contributed by atoms with Gasteiger partial charge in [-0.2, -0.15) is 0 Å². The van der Waals surface area contributed by atoms with E-state index in [0.717, 1.165) is 22.4 Å². The molecule has 1 atom stereocenters. The second-order valence-electron chi connectivity index (χ2n) is 9.50. The lowest BCUT2D eigenvalue weighted by molar-refractivity contribution is -0.127. The summed E-state index contributed by atoms with van der Waals surface area (Å²) >= 11 is 0. The molecule has 0 fully saturated rings. The van der Waals surface area contributed by atoms with Crippen molar-refractivity contribution < 1.29 is 24.1 Å². The monoisotopic (exact) mass is 558 g/mol. The van der Waals surface area contributed by atoms with Crippen LogP contribution in [0.2, 0.25) is 0 Å². The van der Waals surface area contributed by atoms with Crippen LogP contribution < -0.4 is 20.3 Å².